The fraction of sp³-hybridized carbons (Fsp3) is 0.375. The molecule has 0 atom stereocenters. The van der Waals surface area contributed by atoms with Crippen molar-refractivity contribution < 1.29 is 4.42 Å². The molecule has 14 heavy (non-hydrogen) atoms. The van der Waals surface area contributed by atoms with Gasteiger partial charge in [-0.05, 0) is 19.1 Å². The monoisotopic (exact) mass is 210 g/mol. The van der Waals surface area contributed by atoms with Crippen LogP contribution in [0.2, 0.25) is 0 Å². The van der Waals surface area contributed by atoms with Gasteiger partial charge in [0.05, 0.1) is 12.2 Å². The van der Waals surface area contributed by atoms with Gasteiger partial charge in [0.1, 0.15) is 12.1 Å². The van der Waals surface area contributed by atoms with Crippen LogP contribution in [0.3, 0.4) is 0 Å². The van der Waals surface area contributed by atoms with Crippen molar-refractivity contribution in [2.24, 2.45) is 0 Å². The molecule has 0 amide bonds. The molecule has 2 heterocycles. The SMILES string of the molecule is Cc1nc(C)c(Cn2cn[nH]c2=S)o1. The Morgan fingerprint density at radius 3 is 2.86 bits per heavy atom. The number of aromatic nitrogens is 4. The summed E-state index contributed by atoms with van der Waals surface area (Å²) in [4.78, 5) is 4.18. The number of hydrogen-bond donors (Lipinski definition) is 1. The average molecular weight is 210 g/mol. The summed E-state index contributed by atoms with van der Waals surface area (Å²) in [6.07, 6.45) is 1.64. The molecule has 0 fully saturated rings. The number of nitrogens with one attached hydrogen (secondary N) is 1. The highest BCUT2D eigenvalue weighted by molar-refractivity contribution is 7.71. The van der Waals surface area contributed by atoms with Crippen molar-refractivity contribution in [3.8, 4) is 0 Å². The molecule has 2 rings (SSSR count). The van der Waals surface area contributed by atoms with Crippen LogP contribution in [0.25, 0.3) is 0 Å². The summed E-state index contributed by atoms with van der Waals surface area (Å²) < 4.78 is 7.80. The van der Waals surface area contributed by atoms with E-state index in [4.69, 9.17) is 16.6 Å². The Labute approximate surface area is 85.8 Å². The van der Waals surface area contributed by atoms with Crippen molar-refractivity contribution in [2.45, 2.75) is 20.4 Å². The van der Waals surface area contributed by atoms with Gasteiger partial charge in [-0.1, -0.05) is 0 Å². The molecule has 0 radical (unpaired) electrons. The van der Waals surface area contributed by atoms with E-state index in [-0.39, 0.29) is 0 Å². The van der Waals surface area contributed by atoms with Crippen LogP contribution in [-0.4, -0.2) is 19.7 Å². The van der Waals surface area contributed by atoms with Crippen LogP contribution in [0.4, 0.5) is 0 Å². The van der Waals surface area contributed by atoms with E-state index < -0.39 is 0 Å². The molecule has 6 heteroatoms. The summed E-state index contributed by atoms with van der Waals surface area (Å²) in [5.41, 5.74) is 0.894. The number of hydrogen-bond acceptors (Lipinski definition) is 4. The number of oxazole rings is 1. The lowest BCUT2D eigenvalue weighted by Gasteiger charge is -1.97. The third-order valence-corrected chi connectivity index (χ3v) is 2.26. The molecule has 5 nitrogen and oxygen atoms in total. The largest absolute Gasteiger partial charge is 0.444 e. The second kappa shape index (κ2) is 3.38. The zero-order valence-corrected chi connectivity index (χ0v) is 8.76. The Morgan fingerprint density at radius 2 is 2.36 bits per heavy atom. The zero-order chi connectivity index (χ0) is 10.1. The van der Waals surface area contributed by atoms with E-state index in [0.717, 1.165) is 11.5 Å². The summed E-state index contributed by atoms with van der Waals surface area (Å²) >= 11 is 5.02. The van der Waals surface area contributed by atoms with Crippen LogP contribution in [0, 0.1) is 18.6 Å². The van der Waals surface area contributed by atoms with Crippen molar-refractivity contribution >= 4 is 12.2 Å². The van der Waals surface area contributed by atoms with Gasteiger partial charge in [-0.25, -0.2) is 4.98 Å². The maximum atomic E-state index is 5.42. The van der Waals surface area contributed by atoms with Gasteiger partial charge in [0.25, 0.3) is 0 Å². The highest BCUT2D eigenvalue weighted by atomic mass is 32.1. The minimum atomic E-state index is 0.571. The smallest absolute Gasteiger partial charge is 0.195 e. The Kier molecular flexibility index (Phi) is 2.20. The zero-order valence-electron chi connectivity index (χ0n) is 7.94. The van der Waals surface area contributed by atoms with Gasteiger partial charge in [0.15, 0.2) is 10.7 Å². The van der Waals surface area contributed by atoms with Gasteiger partial charge in [-0.3, -0.25) is 9.67 Å². The molecule has 2 aromatic heterocycles. The van der Waals surface area contributed by atoms with Crippen LogP contribution in [0.5, 0.6) is 0 Å². The molecule has 0 spiro atoms. The fourth-order valence-electron chi connectivity index (χ4n) is 1.26. The third kappa shape index (κ3) is 1.60. The van der Waals surface area contributed by atoms with Crippen LogP contribution < -0.4 is 0 Å². The second-order valence-electron chi connectivity index (χ2n) is 3.03. The minimum absolute atomic E-state index is 0.571. The van der Waals surface area contributed by atoms with E-state index in [1.165, 1.54) is 0 Å². The summed E-state index contributed by atoms with van der Waals surface area (Å²) in [5.74, 6) is 1.49. The van der Waals surface area contributed by atoms with Gasteiger partial charge >= 0.3 is 0 Å². The molecule has 0 aliphatic heterocycles. The van der Waals surface area contributed by atoms with Gasteiger partial charge in [0, 0.05) is 6.92 Å². The second-order valence-corrected chi connectivity index (χ2v) is 3.42. The van der Waals surface area contributed by atoms with Gasteiger partial charge in [-0.2, -0.15) is 5.10 Å². The summed E-state index contributed by atoms with van der Waals surface area (Å²) in [6.45, 7) is 4.31. The summed E-state index contributed by atoms with van der Waals surface area (Å²) in [6, 6.07) is 0. The predicted molar refractivity (Wildman–Crippen MR) is 52.5 cm³/mol. The van der Waals surface area contributed by atoms with Crippen molar-refractivity contribution in [1.82, 2.24) is 19.7 Å². The Balaban J connectivity index is 2.31. The normalized spacial score (nSPS) is 10.7. The molecule has 2 aromatic rings. The minimum Gasteiger partial charge on any atom is -0.444 e. The maximum Gasteiger partial charge on any atom is 0.195 e. The molecule has 0 aliphatic rings. The van der Waals surface area contributed by atoms with E-state index in [0.29, 0.717) is 17.2 Å². The number of rotatable bonds is 2. The molecule has 0 unspecified atom stereocenters. The molecule has 74 valence electrons. The van der Waals surface area contributed by atoms with Crippen molar-refractivity contribution in [2.75, 3.05) is 0 Å². The average Bonchev–Trinajstić information content (AvgIpc) is 2.62. The third-order valence-electron chi connectivity index (χ3n) is 1.93. The van der Waals surface area contributed by atoms with E-state index >= 15 is 0 Å². The molecular formula is C8H10N4OS. The standard InChI is InChI=1S/C8H10N4OS/c1-5-7(13-6(2)10-5)3-12-4-9-11-8(12)14/h4H,3H2,1-2H3,(H,11,14). The Hall–Kier alpha value is -1.43. The number of aryl methyl sites for hydroxylation is 2. The first kappa shape index (κ1) is 9.14. The van der Waals surface area contributed by atoms with E-state index in [2.05, 4.69) is 15.2 Å². The van der Waals surface area contributed by atoms with Crippen LogP contribution in [0.15, 0.2) is 10.7 Å². The quantitative estimate of drug-likeness (QED) is 0.765. The fourth-order valence-corrected chi connectivity index (χ4v) is 1.42. The van der Waals surface area contributed by atoms with Gasteiger partial charge in [0.2, 0.25) is 0 Å². The lowest BCUT2D eigenvalue weighted by molar-refractivity contribution is 0.460. The van der Waals surface area contributed by atoms with Crippen molar-refractivity contribution in [3.05, 3.63) is 28.4 Å². The lowest BCUT2D eigenvalue weighted by Crippen LogP contribution is -1.98. The van der Waals surface area contributed by atoms with Crippen LogP contribution in [-0.2, 0) is 6.54 Å². The van der Waals surface area contributed by atoms with Gasteiger partial charge < -0.3 is 4.42 Å². The molecule has 1 N–H and O–H groups in total. The lowest BCUT2D eigenvalue weighted by atomic mass is 10.4. The predicted octanol–water partition coefficient (Wildman–Crippen LogP) is 1.59. The van der Waals surface area contributed by atoms with Crippen LogP contribution >= 0.6 is 12.2 Å². The highest BCUT2D eigenvalue weighted by Crippen LogP contribution is 2.10. The van der Waals surface area contributed by atoms with E-state index in [1.54, 1.807) is 10.9 Å². The summed E-state index contributed by atoms with van der Waals surface area (Å²) in [5, 5.41) is 6.51. The highest BCUT2D eigenvalue weighted by Gasteiger charge is 2.07. The Morgan fingerprint density at radius 1 is 1.57 bits per heavy atom. The van der Waals surface area contributed by atoms with Crippen LogP contribution in [0.1, 0.15) is 17.3 Å². The van der Waals surface area contributed by atoms with E-state index in [1.807, 2.05) is 13.8 Å². The van der Waals surface area contributed by atoms with Crippen molar-refractivity contribution in [1.29, 1.82) is 0 Å². The molecule has 0 saturated carbocycles. The first-order chi connectivity index (χ1) is 6.66. The maximum absolute atomic E-state index is 5.42. The van der Waals surface area contributed by atoms with Crippen molar-refractivity contribution in [3.63, 3.8) is 0 Å². The molecule has 0 aromatic carbocycles. The van der Waals surface area contributed by atoms with Gasteiger partial charge in [-0.15, -0.1) is 0 Å². The number of aromatic amines is 1. The topological polar surface area (TPSA) is 59.6 Å². The first-order valence-electron chi connectivity index (χ1n) is 4.19. The van der Waals surface area contributed by atoms with E-state index in [9.17, 15) is 0 Å². The number of H-pyrrole nitrogens is 1. The summed E-state index contributed by atoms with van der Waals surface area (Å²) in [7, 11) is 0. The first-order valence-corrected chi connectivity index (χ1v) is 4.60. The molecule has 0 aliphatic carbocycles. The number of nitrogens with zero attached hydrogens (tertiary/aromatic N) is 3. The molecular weight excluding hydrogens is 200 g/mol. The Bertz CT molecular complexity index is 495. The molecule has 0 saturated heterocycles. The molecule has 0 bridgehead atoms.